The highest BCUT2D eigenvalue weighted by atomic mass is 32.2. The van der Waals surface area contributed by atoms with E-state index in [1.165, 1.54) is 7.11 Å². The van der Waals surface area contributed by atoms with Crippen LogP contribution in [-0.4, -0.2) is 32.3 Å². The number of aryl methyl sites for hydroxylation is 1. The second kappa shape index (κ2) is 10.8. The van der Waals surface area contributed by atoms with Crippen molar-refractivity contribution in [2.45, 2.75) is 58.9 Å². The van der Waals surface area contributed by atoms with Crippen LogP contribution in [0.15, 0.2) is 60.7 Å². The lowest BCUT2D eigenvalue weighted by Gasteiger charge is -2.33. The minimum atomic E-state index is -3.77. The Morgan fingerprint density at radius 3 is 2.28 bits per heavy atom. The molecule has 3 aromatic carbocycles. The Balaban J connectivity index is 1.79. The monoisotopic (exact) mass is 549 g/mol. The molecule has 8 heteroatoms. The number of carbonyl (C=O) groups excluding carboxylic acids is 1. The summed E-state index contributed by atoms with van der Waals surface area (Å²) in [7, 11) is -2.25. The normalized spacial score (nSPS) is 14.2. The molecule has 1 heterocycles. The van der Waals surface area contributed by atoms with Crippen LogP contribution in [0.1, 0.15) is 61.7 Å². The number of anilines is 1. The van der Waals surface area contributed by atoms with Crippen molar-refractivity contribution in [2.75, 3.05) is 12.4 Å². The van der Waals surface area contributed by atoms with Crippen molar-refractivity contribution >= 4 is 27.3 Å². The van der Waals surface area contributed by atoms with Gasteiger partial charge in [-0.05, 0) is 83.0 Å². The molecule has 206 valence electrons. The smallest absolute Gasteiger partial charge is 0.338 e. The average Bonchev–Trinajstić information content (AvgIpc) is 2.86. The lowest BCUT2D eigenvalue weighted by atomic mass is 9.85. The van der Waals surface area contributed by atoms with E-state index in [1.807, 2.05) is 38.1 Å². The number of carbonyl (C=O) groups is 1. The summed E-state index contributed by atoms with van der Waals surface area (Å²) in [5, 5.41) is 2.86. The van der Waals surface area contributed by atoms with Crippen molar-refractivity contribution in [1.82, 2.24) is 0 Å². The van der Waals surface area contributed by atoms with Gasteiger partial charge in [-0.15, -0.1) is 0 Å². The summed E-state index contributed by atoms with van der Waals surface area (Å²) in [4.78, 5) is 12.9. The van der Waals surface area contributed by atoms with Crippen molar-refractivity contribution in [2.24, 2.45) is 0 Å². The third-order valence-electron chi connectivity index (χ3n) is 6.63. The van der Waals surface area contributed by atoms with Gasteiger partial charge in [-0.2, -0.15) is 8.42 Å². The summed E-state index contributed by atoms with van der Waals surface area (Å²) in [6.45, 7) is 11.3. The largest absolute Gasteiger partial charge is 0.496 e. The van der Waals surface area contributed by atoms with Crippen molar-refractivity contribution in [1.29, 1.82) is 0 Å². The molecule has 3 aromatic rings. The fourth-order valence-electron chi connectivity index (χ4n) is 4.69. The van der Waals surface area contributed by atoms with Crippen LogP contribution in [0.25, 0.3) is 16.7 Å². The van der Waals surface area contributed by atoms with Gasteiger partial charge >= 0.3 is 16.1 Å². The highest BCUT2D eigenvalue weighted by Crippen LogP contribution is 2.43. The molecule has 0 atom stereocenters. The molecule has 7 nitrogen and oxygen atoms in total. The topological polar surface area (TPSA) is 90.9 Å². The van der Waals surface area contributed by atoms with Crippen LogP contribution in [0, 0.1) is 6.92 Å². The van der Waals surface area contributed by atoms with E-state index in [2.05, 4.69) is 25.2 Å². The van der Waals surface area contributed by atoms with E-state index in [4.69, 9.17) is 13.7 Å². The Bertz CT molecular complexity index is 1540. The fourth-order valence-corrected chi connectivity index (χ4v) is 5.25. The molecular formula is C31H35NO6S. The molecule has 0 amide bonds. The molecular weight excluding hydrogens is 514 g/mol. The summed E-state index contributed by atoms with van der Waals surface area (Å²) in [6, 6.07) is 16.1. The molecule has 0 aliphatic carbocycles. The van der Waals surface area contributed by atoms with Gasteiger partial charge in [-0.1, -0.05) is 29.8 Å². The van der Waals surface area contributed by atoms with Crippen LogP contribution in [0.2, 0.25) is 0 Å². The molecule has 39 heavy (non-hydrogen) atoms. The molecule has 0 radical (unpaired) electrons. The summed E-state index contributed by atoms with van der Waals surface area (Å²) in [5.41, 5.74) is 6.56. The predicted octanol–water partition coefficient (Wildman–Crippen LogP) is 6.75. The first-order chi connectivity index (χ1) is 18.3. The minimum Gasteiger partial charge on any atom is -0.496 e. The van der Waals surface area contributed by atoms with Gasteiger partial charge < -0.3 is 19.0 Å². The number of methoxy groups -OCH3 is 1. The van der Waals surface area contributed by atoms with Crippen LogP contribution in [0.5, 0.6) is 11.5 Å². The van der Waals surface area contributed by atoms with Gasteiger partial charge in [0.25, 0.3) is 0 Å². The minimum absolute atomic E-state index is 0.0294. The van der Waals surface area contributed by atoms with Gasteiger partial charge in [-0.3, -0.25) is 0 Å². The van der Waals surface area contributed by atoms with E-state index in [9.17, 15) is 13.2 Å². The molecule has 4 rings (SSSR count). The Kier molecular flexibility index (Phi) is 7.80. The first-order valence-corrected chi connectivity index (χ1v) is 14.3. The van der Waals surface area contributed by atoms with Crippen molar-refractivity contribution in [3.8, 4) is 22.6 Å². The third kappa shape index (κ3) is 6.11. The Morgan fingerprint density at radius 1 is 0.974 bits per heavy atom. The standard InChI is InChI=1S/C31H35NO6S/c1-19(2)39(34,35)38-23-12-13-25(28(16-23)36-7)24-14-15-27-29(21(4)17-31(5,6)32-27)26(24)18-37-30(33)22-10-8-20(3)9-11-22/h8-17,19,32H,18H2,1-7H3. The summed E-state index contributed by atoms with van der Waals surface area (Å²) in [6.07, 6.45) is 2.15. The highest BCUT2D eigenvalue weighted by molar-refractivity contribution is 7.87. The van der Waals surface area contributed by atoms with Gasteiger partial charge in [0, 0.05) is 28.4 Å². The van der Waals surface area contributed by atoms with Crippen molar-refractivity contribution < 1.29 is 26.9 Å². The van der Waals surface area contributed by atoms with E-state index < -0.39 is 21.3 Å². The van der Waals surface area contributed by atoms with E-state index in [0.717, 1.165) is 33.5 Å². The number of rotatable bonds is 8. The Labute approximate surface area is 230 Å². The maximum absolute atomic E-state index is 12.9. The number of allylic oxidation sites excluding steroid dienone is 1. The molecule has 1 aliphatic rings. The molecule has 0 spiro atoms. The third-order valence-corrected chi connectivity index (χ3v) is 8.21. The van der Waals surface area contributed by atoms with E-state index in [0.29, 0.717) is 16.9 Å². The lowest BCUT2D eigenvalue weighted by Crippen LogP contribution is -2.32. The second-order valence-electron chi connectivity index (χ2n) is 10.6. The number of ether oxygens (including phenoxy) is 2. The van der Waals surface area contributed by atoms with Crippen LogP contribution < -0.4 is 14.2 Å². The molecule has 0 unspecified atom stereocenters. The second-order valence-corrected chi connectivity index (χ2v) is 12.7. The number of esters is 1. The number of fused-ring (bicyclic) bond motifs is 1. The summed E-state index contributed by atoms with van der Waals surface area (Å²) < 4.78 is 41.4. The molecule has 0 saturated heterocycles. The summed E-state index contributed by atoms with van der Waals surface area (Å²) >= 11 is 0. The van der Waals surface area contributed by atoms with Gasteiger partial charge in [0.1, 0.15) is 18.1 Å². The first-order valence-electron chi connectivity index (χ1n) is 12.8. The van der Waals surface area contributed by atoms with Crippen LogP contribution in [0.3, 0.4) is 0 Å². The zero-order chi connectivity index (χ0) is 28.5. The Morgan fingerprint density at radius 2 is 1.64 bits per heavy atom. The predicted molar refractivity (Wildman–Crippen MR) is 155 cm³/mol. The quantitative estimate of drug-likeness (QED) is 0.245. The number of benzene rings is 3. The van der Waals surface area contributed by atoms with E-state index >= 15 is 0 Å². The maximum atomic E-state index is 12.9. The number of hydrogen-bond donors (Lipinski definition) is 1. The average molecular weight is 550 g/mol. The molecule has 1 aliphatic heterocycles. The van der Waals surface area contributed by atoms with Crippen LogP contribution in [-0.2, 0) is 21.5 Å². The Hall–Kier alpha value is -3.78. The maximum Gasteiger partial charge on any atom is 0.338 e. The van der Waals surface area contributed by atoms with Gasteiger partial charge in [0.05, 0.1) is 23.5 Å². The van der Waals surface area contributed by atoms with Crippen LogP contribution >= 0.6 is 0 Å². The van der Waals surface area contributed by atoms with E-state index in [1.54, 1.807) is 44.2 Å². The van der Waals surface area contributed by atoms with Crippen LogP contribution in [0.4, 0.5) is 5.69 Å². The number of nitrogens with one attached hydrogen (secondary N) is 1. The van der Waals surface area contributed by atoms with Crippen molar-refractivity contribution in [3.05, 3.63) is 82.9 Å². The SMILES string of the molecule is COc1cc(OS(=O)(=O)C(C)C)ccc1-c1ccc2c(c1COC(=O)c1ccc(C)cc1)C(C)=CC(C)(C)N2. The highest BCUT2D eigenvalue weighted by Gasteiger charge is 2.28. The first kappa shape index (κ1) is 28.2. The lowest BCUT2D eigenvalue weighted by molar-refractivity contribution is 0.0473. The molecule has 0 bridgehead atoms. The zero-order valence-corrected chi connectivity index (χ0v) is 24.2. The van der Waals surface area contributed by atoms with Crippen molar-refractivity contribution in [3.63, 3.8) is 0 Å². The van der Waals surface area contributed by atoms with Gasteiger partial charge in [0.15, 0.2) is 0 Å². The fraction of sp³-hybridized carbons (Fsp3) is 0.323. The van der Waals surface area contributed by atoms with Gasteiger partial charge in [-0.25, -0.2) is 4.79 Å². The molecule has 0 aromatic heterocycles. The zero-order valence-electron chi connectivity index (χ0n) is 23.4. The molecule has 1 N–H and O–H groups in total. The summed E-state index contributed by atoms with van der Waals surface area (Å²) in [5.74, 6) is 0.177. The number of hydrogen-bond acceptors (Lipinski definition) is 7. The molecule has 0 saturated carbocycles. The van der Waals surface area contributed by atoms with Gasteiger partial charge in [0.2, 0.25) is 0 Å². The molecule has 0 fully saturated rings. The van der Waals surface area contributed by atoms with E-state index in [-0.39, 0.29) is 17.9 Å².